The molecule has 0 saturated carbocycles. The normalized spacial score (nSPS) is 13.9. The van der Waals surface area contributed by atoms with Gasteiger partial charge in [0.1, 0.15) is 12.7 Å². The number of carboxylic acid groups (broad SMARTS) is 1. The first-order valence-corrected chi connectivity index (χ1v) is 3.53. The highest BCUT2D eigenvalue weighted by Gasteiger charge is 2.45. The molecule has 0 aromatic carbocycles. The Kier molecular flexibility index (Phi) is 2.73. The maximum atomic E-state index is 12.1. The number of halogens is 3. The molecule has 0 amide bonds. The van der Waals surface area contributed by atoms with E-state index < -0.39 is 24.6 Å². The molecule has 0 radical (unpaired) electrons. The summed E-state index contributed by atoms with van der Waals surface area (Å²) in [6, 6.07) is 0. The van der Waals surface area contributed by atoms with Crippen LogP contribution in [0.25, 0.3) is 0 Å². The van der Waals surface area contributed by atoms with Crippen molar-refractivity contribution in [3.63, 3.8) is 0 Å². The van der Waals surface area contributed by atoms with Crippen molar-refractivity contribution >= 4 is 5.97 Å². The molecule has 1 atom stereocenters. The molecule has 14 heavy (non-hydrogen) atoms. The number of alkyl halides is 3. The Morgan fingerprint density at radius 1 is 1.57 bits per heavy atom. The minimum atomic E-state index is -4.78. The molecule has 0 aliphatic heterocycles. The maximum Gasteiger partial charge on any atom is 0.404 e. The molecule has 0 aliphatic carbocycles. The summed E-state index contributed by atoms with van der Waals surface area (Å²) < 4.78 is 37.2. The van der Waals surface area contributed by atoms with Crippen molar-refractivity contribution in [2.24, 2.45) is 5.92 Å². The third-order valence-electron chi connectivity index (χ3n) is 1.53. The van der Waals surface area contributed by atoms with Gasteiger partial charge in [0.15, 0.2) is 5.92 Å². The monoisotopic (exact) mass is 209 g/mol. The van der Waals surface area contributed by atoms with Gasteiger partial charge in [0.25, 0.3) is 0 Å². The topological polar surface area (TPSA) is 68.0 Å². The summed E-state index contributed by atoms with van der Waals surface area (Å²) in [6.07, 6.45) is -2.71. The fraction of sp³-hybridized carbons (Fsp3) is 0.500. The van der Waals surface area contributed by atoms with Crippen LogP contribution in [0.2, 0.25) is 0 Å². The van der Waals surface area contributed by atoms with Crippen LogP contribution < -0.4 is 0 Å². The molecule has 1 aromatic heterocycles. The van der Waals surface area contributed by atoms with Crippen LogP contribution in [-0.4, -0.2) is 32.0 Å². The third kappa shape index (κ3) is 2.44. The van der Waals surface area contributed by atoms with E-state index in [0.29, 0.717) is 0 Å². The molecular formula is C6H6F3N3O2. The largest absolute Gasteiger partial charge is 0.481 e. The molecule has 0 saturated heterocycles. The first-order valence-electron chi connectivity index (χ1n) is 3.53. The number of hydrogen-bond donors (Lipinski definition) is 1. The van der Waals surface area contributed by atoms with E-state index in [9.17, 15) is 18.0 Å². The molecule has 1 heterocycles. The van der Waals surface area contributed by atoms with E-state index in [0.717, 1.165) is 17.3 Å². The Bertz CT molecular complexity index is 309. The van der Waals surface area contributed by atoms with E-state index in [1.54, 1.807) is 0 Å². The molecule has 1 unspecified atom stereocenters. The molecule has 8 heteroatoms. The lowest BCUT2D eigenvalue weighted by Crippen LogP contribution is -2.34. The summed E-state index contributed by atoms with van der Waals surface area (Å²) >= 11 is 0. The van der Waals surface area contributed by atoms with Crippen molar-refractivity contribution < 1.29 is 23.1 Å². The number of aliphatic carboxylic acids is 1. The van der Waals surface area contributed by atoms with E-state index in [2.05, 4.69) is 10.1 Å². The highest BCUT2D eigenvalue weighted by molar-refractivity contribution is 5.70. The zero-order chi connectivity index (χ0) is 10.8. The predicted molar refractivity (Wildman–Crippen MR) is 37.2 cm³/mol. The standard InChI is InChI=1S/C6H6F3N3O2/c7-6(8,9)4(5(13)14)1-12-3-10-2-11-12/h2-4H,1H2,(H,13,14). The van der Waals surface area contributed by atoms with Crippen LogP contribution in [0.5, 0.6) is 0 Å². The van der Waals surface area contributed by atoms with E-state index >= 15 is 0 Å². The Balaban J connectivity index is 2.76. The molecule has 5 nitrogen and oxygen atoms in total. The summed E-state index contributed by atoms with van der Waals surface area (Å²) in [5.41, 5.74) is 0. The van der Waals surface area contributed by atoms with Gasteiger partial charge in [-0.05, 0) is 0 Å². The Morgan fingerprint density at radius 3 is 2.57 bits per heavy atom. The fourth-order valence-corrected chi connectivity index (χ4v) is 0.836. The number of hydrogen-bond acceptors (Lipinski definition) is 3. The smallest absolute Gasteiger partial charge is 0.404 e. The minimum Gasteiger partial charge on any atom is -0.481 e. The van der Waals surface area contributed by atoms with E-state index in [-0.39, 0.29) is 0 Å². The van der Waals surface area contributed by atoms with Crippen LogP contribution >= 0.6 is 0 Å². The first kappa shape index (κ1) is 10.5. The van der Waals surface area contributed by atoms with Gasteiger partial charge >= 0.3 is 12.1 Å². The van der Waals surface area contributed by atoms with Crippen molar-refractivity contribution in [1.82, 2.24) is 14.8 Å². The van der Waals surface area contributed by atoms with Crippen LogP contribution in [0.4, 0.5) is 13.2 Å². The molecule has 0 spiro atoms. The van der Waals surface area contributed by atoms with Gasteiger partial charge in [-0.15, -0.1) is 0 Å². The molecule has 0 fully saturated rings. The predicted octanol–water partition coefficient (Wildman–Crippen LogP) is 0.541. The number of aromatic nitrogens is 3. The van der Waals surface area contributed by atoms with Crippen LogP contribution in [-0.2, 0) is 11.3 Å². The van der Waals surface area contributed by atoms with Gasteiger partial charge in [-0.25, -0.2) is 4.98 Å². The summed E-state index contributed by atoms with van der Waals surface area (Å²) in [5.74, 6) is -4.38. The molecule has 0 aliphatic rings. The lowest BCUT2D eigenvalue weighted by atomic mass is 10.1. The summed E-state index contributed by atoms with van der Waals surface area (Å²) in [7, 11) is 0. The zero-order valence-corrected chi connectivity index (χ0v) is 6.77. The fourth-order valence-electron chi connectivity index (χ4n) is 0.836. The number of nitrogens with zero attached hydrogens (tertiary/aromatic N) is 3. The van der Waals surface area contributed by atoms with Gasteiger partial charge < -0.3 is 5.11 Å². The van der Waals surface area contributed by atoms with E-state index in [1.807, 2.05) is 0 Å². The second kappa shape index (κ2) is 3.64. The van der Waals surface area contributed by atoms with Crippen LogP contribution in [0, 0.1) is 5.92 Å². The highest BCUT2D eigenvalue weighted by Crippen LogP contribution is 2.27. The van der Waals surface area contributed by atoms with E-state index in [4.69, 9.17) is 5.11 Å². The van der Waals surface area contributed by atoms with Crippen molar-refractivity contribution in [3.05, 3.63) is 12.7 Å². The maximum absolute atomic E-state index is 12.1. The van der Waals surface area contributed by atoms with Gasteiger partial charge in [0.05, 0.1) is 6.54 Å². The van der Waals surface area contributed by atoms with Crippen molar-refractivity contribution in [1.29, 1.82) is 0 Å². The van der Waals surface area contributed by atoms with Crippen LogP contribution in [0.3, 0.4) is 0 Å². The average Bonchev–Trinajstić information content (AvgIpc) is 2.48. The SMILES string of the molecule is O=C(O)C(Cn1cncn1)C(F)(F)F. The van der Waals surface area contributed by atoms with Crippen molar-refractivity contribution in [2.75, 3.05) is 0 Å². The van der Waals surface area contributed by atoms with Gasteiger partial charge in [0.2, 0.25) is 0 Å². The lowest BCUT2D eigenvalue weighted by molar-refractivity contribution is -0.196. The second-order valence-corrected chi connectivity index (χ2v) is 2.55. The van der Waals surface area contributed by atoms with E-state index in [1.165, 1.54) is 0 Å². The van der Waals surface area contributed by atoms with Crippen LogP contribution in [0.1, 0.15) is 0 Å². The lowest BCUT2D eigenvalue weighted by Gasteiger charge is -2.15. The molecular weight excluding hydrogens is 203 g/mol. The molecule has 1 rings (SSSR count). The summed E-state index contributed by atoms with van der Waals surface area (Å²) in [5, 5.41) is 11.7. The molecule has 1 N–H and O–H groups in total. The van der Waals surface area contributed by atoms with Crippen LogP contribution in [0.15, 0.2) is 12.7 Å². The van der Waals surface area contributed by atoms with Gasteiger partial charge in [-0.3, -0.25) is 9.48 Å². The summed E-state index contributed by atoms with van der Waals surface area (Å²) in [6.45, 7) is -0.765. The second-order valence-electron chi connectivity index (χ2n) is 2.55. The number of carboxylic acids is 1. The molecule has 0 bridgehead atoms. The van der Waals surface area contributed by atoms with Gasteiger partial charge in [-0.2, -0.15) is 18.3 Å². The number of rotatable bonds is 3. The zero-order valence-electron chi connectivity index (χ0n) is 6.77. The summed E-state index contributed by atoms with van der Waals surface area (Å²) in [4.78, 5) is 13.7. The quantitative estimate of drug-likeness (QED) is 0.788. The Hall–Kier alpha value is -1.60. The molecule has 1 aromatic rings. The third-order valence-corrected chi connectivity index (χ3v) is 1.53. The van der Waals surface area contributed by atoms with Gasteiger partial charge in [-0.1, -0.05) is 0 Å². The Labute approximate surface area is 76.2 Å². The Morgan fingerprint density at radius 2 is 2.21 bits per heavy atom. The van der Waals surface area contributed by atoms with Gasteiger partial charge in [0, 0.05) is 0 Å². The van der Waals surface area contributed by atoms with Crippen molar-refractivity contribution in [3.8, 4) is 0 Å². The number of carbonyl (C=O) groups is 1. The first-order chi connectivity index (χ1) is 6.41. The highest BCUT2D eigenvalue weighted by atomic mass is 19.4. The minimum absolute atomic E-state index is 0.765. The van der Waals surface area contributed by atoms with Crippen molar-refractivity contribution in [2.45, 2.75) is 12.7 Å². The molecule has 78 valence electrons. The average molecular weight is 209 g/mol.